The Bertz CT molecular complexity index is 1140. The molecule has 3 aliphatic rings. The fraction of sp³-hybridized carbons (Fsp3) is 0.455. The van der Waals surface area contributed by atoms with Gasteiger partial charge in [-0.25, -0.2) is 8.42 Å². The standard InChI is InChI=1S/C22H26N4O3S/c1-15-12-23-13-18(16-3-4-19-17(11-16)14-30(28,29)25(19)2)20(15)26-9-6-22(7-10-26)5-8-24-21(22)27/h3-4,11-13H,5-10,14H2,1-2H3,(H,24,27). The fourth-order valence-electron chi connectivity index (χ4n) is 5.16. The van der Waals surface area contributed by atoms with Crippen molar-refractivity contribution in [3.8, 4) is 11.1 Å². The van der Waals surface area contributed by atoms with Gasteiger partial charge in [-0.2, -0.15) is 0 Å². The molecule has 2 saturated heterocycles. The van der Waals surface area contributed by atoms with Gasteiger partial charge in [0.2, 0.25) is 15.9 Å². The zero-order valence-corrected chi connectivity index (χ0v) is 18.1. The van der Waals surface area contributed by atoms with E-state index in [0.29, 0.717) is 0 Å². The van der Waals surface area contributed by atoms with Crippen LogP contribution in [-0.4, -0.2) is 46.0 Å². The number of carbonyl (C=O) groups excluding carboxylic acids is 1. The van der Waals surface area contributed by atoms with Crippen LogP contribution in [0.25, 0.3) is 11.1 Å². The smallest absolute Gasteiger partial charge is 0.239 e. The molecule has 4 heterocycles. The molecule has 0 bridgehead atoms. The molecule has 1 spiro atoms. The Kier molecular flexibility index (Phi) is 4.32. The molecule has 5 rings (SSSR count). The number of nitrogens with zero attached hydrogens (tertiary/aromatic N) is 3. The normalized spacial score (nSPS) is 21.7. The quantitative estimate of drug-likeness (QED) is 0.798. The van der Waals surface area contributed by atoms with E-state index in [1.807, 2.05) is 30.6 Å². The van der Waals surface area contributed by atoms with Crippen LogP contribution in [0.3, 0.4) is 0 Å². The molecule has 1 amide bonds. The van der Waals surface area contributed by atoms with Crippen LogP contribution in [0.4, 0.5) is 11.4 Å². The van der Waals surface area contributed by atoms with Crippen molar-refractivity contribution in [2.45, 2.75) is 31.9 Å². The summed E-state index contributed by atoms with van der Waals surface area (Å²) in [6, 6.07) is 5.84. The van der Waals surface area contributed by atoms with E-state index in [1.165, 1.54) is 4.31 Å². The number of piperidine rings is 1. The predicted octanol–water partition coefficient (Wildman–Crippen LogP) is 2.44. The minimum absolute atomic E-state index is 0.0304. The summed E-state index contributed by atoms with van der Waals surface area (Å²) in [5, 5.41) is 3.00. The second kappa shape index (κ2) is 6.70. The molecule has 158 valence electrons. The fourth-order valence-corrected chi connectivity index (χ4v) is 6.46. The highest BCUT2D eigenvalue weighted by atomic mass is 32.2. The maximum atomic E-state index is 12.3. The first-order valence-electron chi connectivity index (χ1n) is 10.4. The summed E-state index contributed by atoms with van der Waals surface area (Å²) in [6.07, 6.45) is 6.37. The van der Waals surface area contributed by atoms with Gasteiger partial charge in [0, 0.05) is 44.6 Å². The molecule has 0 atom stereocenters. The van der Waals surface area contributed by atoms with Gasteiger partial charge in [0.1, 0.15) is 0 Å². The summed E-state index contributed by atoms with van der Waals surface area (Å²) in [7, 11) is -1.67. The molecule has 1 N–H and O–H groups in total. The summed E-state index contributed by atoms with van der Waals surface area (Å²) < 4.78 is 25.9. The molecule has 1 aromatic carbocycles. The average Bonchev–Trinajstić information content (AvgIpc) is 3.18. The van der Waals surface area contributed by atoms with Crippen LogP contribution in [0.5, 0.6) is 0 Å². The Hall–Kier alpha value is -2.61. The molecule has 1 aromatic heterocycles. The Morgan fingerprint density at radius 3 is 2.60 bits per heavy atom. The van der Waals surface area contributed by atoms with Crippen molar-refractivity contribution in [1.82, 2.24) is 10.3 Å². The Morgan fingerprint density at radius 2 is 1.90 bits per heavy atom. The Morgan fingerprint density at radius 1 is 1.13 bits per heavy atom. The first-order chi connectivity index (χ1) is 14.3. The van der Waals surface area contributed by atoms with E-state index in [-0.39, 0.29) is 17.1 Å². The van der Waals surface area contributed by atoms with Gasteiger partial charge in [-0.05, 0) is 55.0 Å². The zero-order valence-electron chi connectivity index (χ0n) is 17.3. The van der Waals surface area contributed by atoms with Gasteiger partial charge >= 0.3 is 0 Å². The van der Waals surface area contributed by atoms with E-state index in [1.54, 1.807) is 7.05 Å². The third-order valence-corrected chi connectivity index (χ3v) is 8.70. The number of aromatic nitrogens is 1. The largest absolute Gasteiger partial charge is 0.371 e. The van der Waals surface area contributed by atoms with Crippen LogP contribution < -0.4 is 14.5 Å². The molecule has 0 unspecified atom stereocenters. The zero-order chi connectivity index (χ0) is 21.1. The number of hydrogen-bond donors (Lipinski definition) is 1. The lowest BCUT2D eigenvalue weighted by Crippen LogP contribution is -2.44. The van der Waals surface area contributed by atoms with Crippen molar-refractivity contribution in [3.63, 3.8) is 0 Å². The van der Waals surface area contributed by atoms with Crippen LogP contribution >= 0.6 is 0 Å². The van der Waals surface area contributed by atoms with Crippen LogP contribution in [0.1, 0.15) is 30.4 Å². The first kappa shape index (κ1) is 19.4. The number of aryl methyl sites for hydroxylation is 1. The highest BCUT2D eigenvalue weighted by molar-refractivity contribution is 7.92. The van der Waals surface area contributed by atoms with E-state index in [2.05, 4.69) is 22.1 Å². The van der Waals surface area contributed by atoms with E-state index in [9.17, 15) is 13.2 Å². The molecule has 0 saturated carbocycles. The predicted molar refractivity (Wildman–Crippen MR) is 117 cm³/mol. The van der Waals surface area contributed by atoms with Crippen molar-refractivity contribution in [2.75, 3.05) is 35.9 Å². The average molecular weight is 427 g/mol. The molecule has 8 heteroatoms. The summed E-state index contributed by atoms with van der Waals surface area (Å²) >= 11 is 0. The molecular formula is C22H26N4O3S. The van der Waals surface area contributed by atoms with Crippen LogP contribution in [-0.2, 0) is 20.6 Å². The highest BCUT2D eigenvalue weighted by Gasteiger charge is 2.44. The van der Waals surface area contributed by atoms with Crippen LogP contribution in [0.15, 0.2) is 30.6 Å². The lowest BCUT2D eigenvalue weighted by atomic mass is 9.77. The summed E-state index contributed by atoms with van der Waals surface area (Å²) in [5.74, 6) is 0.237. The monoisotopic (exact) mass is 426 g/mol. The van der Waals surface area contributed by atoms with Gasteiger partial charge in [-0.3, -0.25) is 14.1 Å². The molecule has 7 nitrogen and oxygen atoms in total. The van der Waals surface area contributed by atoms with Gasteiger partial charge in [0.15, 0.2) is 0 Å². The number of anilines is 2. The molecule has 0 aliphatic carbocycles. The van der Waals surface area contributed by atoms with Crippen LogP contribution in [0.2, 0.25) is 0 Å². The summed E-state index contributed by atoms with van der Waals surface area (Å²) in [6.45, 7) is 4.50. The number of fused-ring (bicyclic) bond motifs is 1. The van der Waals surface area contributed by atoms with E-state index >= 15 is 0 Å². The van der Waals surface area contributed by atoms with Crippen molar-refractivity contribution in [1.29, 1.82) is 0 Å². The number of carbonyl (C=O) groups is 1. The van der Waals surface area contributed by atoms with Crippen molar-refractivity contribution in [3.05, 3.63) is 41.7 Å². The number of sulfonamides is 1. The van der Waals surface area contributed by atoms with Crippen molar-refractivity contribution >= 4 is 27.3 Å². The second-order valence-corrected chi connectivity index (χ2v) is 10.7. The van der Waals surface area contributed by atoms with E-state index in [4.69, 9.17) is 0 Å². The van der Waals surface area contributed by atoms with Gasteiger partial charge in [0.25, 0.3) is 0 Å². The maximum Gasteiger partial charge on any atom is 0.239 e. The third kappa shape index (κ3) is 2.88. The molecule has 30 heavy (non-hydrogen) atoms. The SMILES string of the molecule is Cc1cncc(-c2ccc3c(c2)CS(=O)(=O)N3C)c1N1CCC2(CCNC2=O)CC1. The third-order valence-electron chi connectivity index (χ3n) is 6.99. The first-order valence-corrected chi connectivity index (χ1v) is 12.0. The minimum atomic E-state index is -3.27. The van der Waals surface area contributed by atoms with E-state index < -0.39 is 10.0 Å². The summed E-state index contributed by atoms with van der Waals surface area (Å²) in [4.78, 5) is 19.1. The molecule has 2 fully saturated rings. The maximum absolute atomic E-state index is 12.3. The topological polar surface area (TPSA) is 82.6 Å². The number of rotatable bonds is 2. The molecule has 2 aromatic rings. The molecule has 0 radical (unpaired) electrons. The molecular weight excluding hydrogens is 400 g/mol. The number of pyridine rings is 1. The highest BCUT2D eigenvalue weighted by Crippen LogP contribution is 2.43. The minimum Gasteiger partial charge on any atom is -0.371 e. The van der Waals surface area contributed by atoms with Gasteiger partial charge in [0.05, 0.1) is 22.5 Å². The van der Waals surface area contributed by atoms with Crippen molar-refractivity contribution < 1.29 is 13.2 Å². The lowest BCUT2D eigenvalue weighted by molar-refractivity contribution is -0.128. The van der Waals surface area contributed by atoms with E-state index in [0.717, 1.165) is 72.5 Å². The molecule has 3 aliphatic heterocycles. The number of benzene rings is 1. The van der Waals surface area contributed by atoms with Gasteiger partial charge < -0.3 is 10.2 Å². The van der Waals surface area contributed by atoms with Crippen molar-refractivity contribution in [2.24, 2.45) is 5.41 Å². The Balaban J connectivity index is 1.49. The van der Waals surface area contributed by atoms with Gasteiger partial charge in [-0.1, -0.05) is 6.07 Å². The Labute approximate surface area is 177 Å². The lowest BCUT2D eigenvalue weighted by Gasteiger charge is -2.39. The van der Waals surface area contributed by atoms with Gasteiger partial charge in [-0.15, -0.1) is 0 Å². The summed E-state index contributed by atoms with van der Waals surface area (Å²) in [5.41, 5.74) is 5.57. The number of amides is 1. The van der Waals surface area contributed by atoms with Crippen LogP contribution in [0, 0.1) is 12.3 Å². The second-order valence-electron chi connectivity index (χ2n) is 8.69. The number of hydrogen-bond acceptors (Lipinski definition) is 5. The number of nitrogens with one attached hydrogen (secondary N) is 1.